The highest BCUT2D eigenvalue weighted by molar-refractivity contribution is 5.82. The maximum atomic E-state index is 12.2. The van der Waals surface area contributed by atoms with Crippen molar-refractivity contribution in [3.05, 3.63) is 0 Å². The third-order valence-corrected chi connectivity index (χ3v) is 4.61. The molecule has 1 aliphatic rings. The lowest BCUT2D eigenvalue weighted by atomic mass is 9.90. The molecular weight excluding hydrogens is 350 g/mol. The van der Waals surface area contributed by atoms with Crippen molar-refractivity contribution in [1.82, 2.24) is 10.2 Å². The van der Waals surface area contributed by atoms with Crippen LogP contribution in [0.3, 0.4) is 0 Å². The Morgan fingerprint density at radius 3 is 2.19 bits per heavy atom. The number of hydrogen-bond acceptors (Lipinski definition) is 6. The Morgan fingerprint density at radius 2 is 1.74 bits per heavy atom. The fraction of sp³-hybridized carbons (Fsp3) is 0.789. The lowest BCUT2D eigenvalue weighted by Gasteiger charge is -2.32. The maximum Gasteiger partial charge on any atom is 0.410 e. The van der Waals surface area contributed by atoms with E-state index in [1.807, 2.05) is 13.8 Å². The van der Waals surface area contributed by atoms with E-state index in [-0.39, 0.29) is 11.8 Å². The van der Waals surface area contributed by atoms with Gasteiger partial charge in [0.2, 0.25) is 0 Å². The number of amides is 2. The molecular formula is C19H31N3O5. The molecule has 0 aromatic heterocycles. The number of ether oxygens (including phenoxy) is 2. The van der Waals surface area contributed by atoms with Gasteiger partial charge >= 0.3 is 12.1 Å². The molecule has 8 heteroatoms. The predicted octanol–water partition coefficient (Wildman–Crippen LogP) is 2.23. The molecule has 0 aliphatic carbocycles. The van der Waals surface area contributed by atoms with E-state index in [4.69, 9.17) is 9.47 Å². The number of carbonyl (C=O) groups is 3. The quantitative estimate of drug-likeness (QED) is 0.732. The lowest BCUT2D eigenvalue weighted by Crippen LogP contribution is -2.50. The zero-order valence-electron chi connectivity index (χ0n) is 17.1. The second kappa shape index (κ2) is 9.07. The van der Waals surface area contributed by atoms with Crippen molar-refractivity contribution in [3.63, 3.8) is 0 Å². The molecule has 152 valence electrons. The first-order chi connectivity index (χ1) is 12.4. The van der Waals surface area contributed by atoms with Gasteiger partial charge in [0.25, 0.3) is 5.91 Å². The van der Waals surface area contributed by atoms with Crippen LogP contribution in [-0.4, -0.2) is 53.7 Å². The van der Waals surface area contributed by atoms with Gasteiger partial charge in [0.15, 0.2) is 6.61 Å². The van der Waals surface area contributed by atoms with E-state index in [0.717, 1.165) is 0 Å². The summed E-state index contributed by atoms with van der Waals surface area (Å²) in [6.07, 6.45) is 0.529. The molecule has 1 saturated heterocycles. The van der Waals surface area contributed by atoms with Gasteiger partial charge in [-0.25, -0.2) is 4.79 Å². The van der Waals surface area contributed by atoms with Crippen LogP contribution in [0.25, 0.3) is 0 Å². The van der Waals surface area contributed by atoms with Crippen LogP contribution in [0.2, 0.25) is 0 Å². The number of nitrogens with zero attached hydrogens (tertiary/aromatic N) is 2. The smallest absolute Gasteiger partial charge is 0.410 e. The summed E-state index contributed by atoms with van der Waals surface area (Å²) < 4.78 is 10.4. The minimum Gasteiger partial charge on any atom is -0.455 e. The van der Waals surface area contributed by atoms with Gasteiger partial charge in [-0.15, -0.1) is 0 Å². The molecule has 1 N–H and O–H groups in total. The fourth-order valence-corrected chi connectivity index (χ4v) is 2.51. The molecule has 27 heavy (non-hydrogen) atoms. The summed E-state index contributed by atoms with van der Waals surface area (Å²) >= 11 is 0. The first-order valence-corrected chi connectivity index (χ1v) is 9.25. The molecule has 1 heterocycles. The Labute approximate surface area is 161 Å². The third-order valence-electron chi connectivity index (χ3n) is 4.61. The highest BCUT2D eigenvalue weighted by atomic mass is 16.6. The zero-order chi connectivity index (χ0) is 20.8. The number of carbonyl (C=O) groups excluding carboxylic acids is 3. The Morgan fingerprint density at radius 1 is 1.19 bits per heavy atom. The van der Waals surface area contributed by atoms with Crippen LogP contribution in [0, 0.1) is 23.2 Å². The third kappa shape index (κ3) is 7.08. The summed E-state index contributed by atoms with van der Waals surface area (Å²) in [6.45, 7) is 11.1. The lowest BCUT2D eigenvalue weighted by molar-refractivity contribution is -0.154. The minimum atomic E-state index is -1.01. The Balaban J connectivity index is 2.42. The zero-order valence-corrected chi connectivity index (χ0v) is 17.1. The summed E-state index contributed by atoms with van der Waals surface area (Å²) in [4.78, 5) is 37.8. The molecule has 1 atom stereocenters. The topological polar surface area (TPSA) is 109 Å². The van der Waals surface area contributed by atoms with Crippen LogP contribution in [-0.2, 0) is 19.1 Å². The molecule has 1 rings (SSSR count). The number of nitrogens with one attached hydrogen (secondary N) is 1. The standard InChI is InChI=1S/C19H31N3O5/c1-13(2)19(6,12-20)21-15(23)11-26-16(24)14-7-9-22(10-8-14)17(25)27-18(3,4)5/h13-14H,7-11H2,1-6H3,(H,21,23)/t19-/m0/s1. The molecule has 0 spiro atoms. The molecule has 2 amide bonds. The molecule has 1 aliphatic heterocycles. The van der Waals surface area contributed by atoms with Gasteiger partial charge in [-0.1, -0.05) is 13.8 Å². The van der Waals surface area contributed by atoms with Crippen molar-refractivity contribution >= 4 is 18.0 Å². The maximum absolute atomic E-state index is 12.2. The Bertz CT molecular complexity index is 597. The summed E-state index contributed by atoms with van der Waals surface area (Å²) in [6, 6.07) is 2.07. The van der Waals surface area contributed by atoms with Crippen molar-refractivity contribution in [2.24, 2.45) is 11.8 Å². The number of hydrogen-bond donors (Lipinski definition) is 1. The highest BCUT2D eigenvalue weighted by Gasteiger charge is 2.32. The first-order valence-electron chi connectivity index (χ1n) is 9.25. The van der Waals surface area contributed by atoms with Crippen LogP contribution < -0.4 is 5.32 Å². The van der Waals surface area contributed by atoms with Crippen molar-refractivity contribution in [2.45, 2.75) is 65.5 Å². The van der Waals surface area contributed by atoms with Gasteiger partial charge < -0.3 is 19.7 Å². The summed E-state index contributed by atoms with van der Waals surface area (Å²) in [5, 5.41) is 11.8. The monoisotopic (exact) mass is 381 g/mol. The van der Waals surface area contributed by atoms with E-state index in [9.17, 15) is 19.6 Å². The van der Waals surface area contributed by atoms with Crippen molar-refractivity contribution in [2.75, 3.05) is 19.7 Å². The average Bonchev–Trinajstić information content (AvgIpc) is 2.58. The van der Waals surface area contributed by atoms with Crippen LogP contribution in [0.5, 0.6) is 0 Å². The number of likely N-dealkylation sites (tertiary alicyclic amines) is 1. The van der Waals surface area contributed by atoms with E-state index in [0.29, 0.717) is 25.9 Å². The predicted molar refractivity (Wildman–Crippen MR) is 98.5 cm³/mol. The molecule has 0 bridgehead atoms. The fourth-order valence-electron chi connectivity index (χ4n) is 2.51. The SMILES string of the molecule is CC(C)[C@](C)(C#N)NC(=O)COC(=O)C1CCN(C(=O)OC(C)(C)C)CC1. The van der Waals surface area contributed by atoms with E-state index < -0.39 is 35.7 Å². The van der Waals surface area contributed by atoms with Crippen LogP contribution >= 0.6 is 0 Å². The highest BCUT2D eigenvalue weighted by Crippen LogP contribution is 2.21. The number of piperidine rings is 1. The van der Waals surface area contributed by atoms with Crippen molar-refractivity contribution in [1.29, 1.82) is 5.26 Å². The van der Waals surface area contributed by atoms with Gasteiger partial charge in [0, 0.05) is 13.1 Å². The van der Waals surface area contributed by atoms with Gasteiger partial charge in [0.05, 0.1) is 12.0 Å². The second-order valence-corrected chi connectivity index (χ2v) is 8.37. The minimum absolute atomic E-state index is 0.0840. The largest absolute Gasteiger partial charge is 0.455 e. The molecule has 0 aromatic rings. The molecule has 0 aromatic carbocycles. The molecule has 0 radical (unpaired) electrons. The summed E-state index contributed by atoms with van der Waals surface area (Å²) in [7, 11) is 0. The van der Waals surface area contributed by atoms with Gasteiger partial charge in [-0.3, -0.25) is 9.59 Å². The molecule has 1 fully saturated rings. The van der Waals surface area contributed by atoms with E-state index in [1.165, 1.54) is 0 Å². The van der Waals surface area contributed by atoms with Crippen molar-refractivity contribution in [3.8, 4) is 6.07 Å². The van der Waals surface area contributed by atoms with E-state index >= 15 is 0 Å². The van der Waals surface area contributed by atoms with Crippen LogP contribution in [0.1, 0.15) is 54.4 Å². The van der Waals surface area contributed by atoms with Crippen LogP contribution in [0.15, 0.2) is 0 Å². The first kappa shape index (κ1) is 22.7. The summed E-state index contributed by atoms with van der Waals surface area (Å²) in [5.74, 6) is -1.41. The number of rotatable bonds is 5. The Hall–Kier alpha value is -2.30. The van der Waals surface area contributed by atoms with Gasteiger partial charge in [0.1, 0.15) is 11.1 Å². The normalized spacial score (nSPS) is 17.6. The van der Waals surface area contributed by atoms with Crippen molar-refractivity contribution < 1.29 is 23.9 Å². The second-order valence-electron chi connectivity index (χ2n) is 8.37. The average molecular weight is 381 g/mol. The molecule has 0 saturated carbocycles. The van der Waals surface area contributed by atoms with E-state index in [2.05, 4.69) is 11.4 Å². The van der Waals surface area contributed by atoms with Gasteiger partial charge in [-0.05, 0) is 46.5 Å². The van der Waals surface area contributed by atoms with Crippen LogP contribution in [0.4, 0.5) is 4.79 Å². The van der Waals surface area contributed by atoms with Gasteiger partial charge in [-0.2, -0.15) is 5.26 Å². The summed E-state index contributed by atoms with van der Waals surface area (Å²) in [5.41, 5.74) is -1.57. The Kier molecular flexibility index (Phi) is 7.64. The molecule has 0 unspecified atom stereocenters. The number of esters is 1. The van der Waals surface area contributed by atoms with E-state index in [1.54, 1.807) is 32.6 Å². The number of nitriles is 1. The molecule has 8 nitrogen and oxygen atoms in total.